The molecular formula is C23H24F4N6O. The number of hydrogen-bond donors (Lipinski definition) is 1. The van der Waals surface area contributed by atoms with Gasteiger partial charge in [0.15, 0.2) is 0 Å². The normalized spacial score (nSPS) is 18.7. The molecule has 7 nitrogen and oxygen atoms in total. The van der Waals surface area contributed by atoms with Gasteiger partial charge in [-0.2, -0.15) is 28.2 Å². The van der Waals surface area contributed by atoms with Crippen molar-refractivity contribution in [3.8, 4) is 5.69 Å². The average molecular weight is 476 g/mol. The number of benzene rings is 1. The van der Waals surface area contributed by atoms with Crippen molar-refractivity contribution in [1.29, 1.82) is 0 Å². The molecule has 34 heavy (non-hydrogen) atoms. The van der Waals surface area contributed by atoms with Crippen LogP contribution in [0.2, 0.25) is 0 Å². The summed E-state index contributed by atoms with van der Waals surface area (Å²) in [7, 11) is 0. The second-order valence-corrected chi connectivity index (χ2v) is 8.46. The predicted octanol–water partition coefficient (Wildman–Crippen LogP) is 4.48. The molecular weight excluding hydrogens is 452 g/mol. The number of likely N-dealkylation sites (tertiary alicyclic amines) is 1. The summed E-state index contributed by atoms with van der Waals surface area (Å²) in [4.78, 5) is 20.3. The van der Waals surface area contributed by atoms with E-state index < -0.39 is 23.5 Å². The molecule has 1 amide bonds. The van der Waals surface area contributed by atoms with Gasteiger partial charge in [-0.05, 0) is 55.5 Å². The van der Waals surface area contributed by atoms with Gasteiger partial charge in [0.25, 0.3) is 5.91 Å². The van der Waals surface area contributed by atoms with Gasteiger partial charge in [0.1, 0.15) is 22.9 Å². The molecule has 1 aliphatic heterocycles. The Labute approximate surface area is 193 Å². The Hall–Kier alpha value is -3.50. The lowest BCUT2D eigenvalue weighted by Gasteiger charge is -2.40. The van der Waals surface area contributed by atoms with Crippen LogP contribution in [0.1, 0.15) is 41.3 Å². The van der Waals surface area contributed by atoms with Gasteiger partial charge in [0.05, 0.1) is 24.0 Å². The van der Waals surface area contributed by atoms with E-state index in [0.717, 1.165) is 25.1 Å². The Morgan fingerprint density at radius 2 is 1.94 bits per heavy atom. The molecule has 0 radical (unpaired) electrons. The smallest absolute Gasteiger partial charge is 0.368 e. The minimum atomic E-state index is -4.47. The number of anilines is 1. The third kappa shape index (κ3) is 4.87. The molecule has 180 valence electrons. The van der Waals surface area contributed by atoms with Crippen LogP contribution in [0.25, 0.3) is 5.69 Å². The number of hydrogen-bond acceptors (Lipinski definition) is 5. The number of alkyl halides is 3. The predicted molar refractivity (Wildman–Crippen MR) is 117 cm³/mol. The number of amides is 1. The van der Waals surface area contributed by atoms with Gasteiger partial charge in [-0.25, -0.2) is 9.37 Å². The van der Waals surface area contributed by atoms with E-state index in [-0.39, 0.29) is 35.6 Å². The molecule has 2 atom stereocenters. The highest BCUT2D eigenvalue weighted by Gasteiger charge is 2.35. The van der Waals surface area contributed by atoms with Crippen LogP contribution in [0.15, 0.2) is 42.9 Å². The Morgan fingerprint density at radius 1 is 1.21 bits per heavy atom. The van der Waals surface area contributed by atoms with Gasteiger partial charge in [0, 0.05) is 19.3 Å². The first-order chi connectivity index (χ1) is 16.1. The number of carbonyl (C=O) groups is 1. The fraction of sp³-hybridized carbons (Fsp3) is 0.391. The third-order valence-corrected chi connectivity index (χ3v) is 6.02. The van der Waals surface area contributed by atoms with E-state index in [4.69, 9.17) is 0 Å². The molecule has 1 saturated heterocycles. The second kappa shape index (κ2) is 9.40. The summed E-state index contributed by atoms with van der Waals surface area (Å²) >= 11 is 0. The molecule has 1 unspecified atom stereocenters. The van der Waals surface area contributed by atoms with Crippen molar-refractivity contribution in [2.45, 2.75) is 38.9 Å². The highest BCUT2D eigenvalue weighted by atomic mass is 19.4. The Kier molecular flexibility index (Phi) is 6.54. The monoisotopic (exact) mass is 476 g/mol. The lowest BCUT2D eigenvalue weighted by Crippen LogP contribution is -2.51. The molecule has 0 saturated carbocycles. The van der Waals surface area contributed by atoms with E-state index in [1.54, 1.807) is 17.9 Å². The summed E-state index contributed by atoms with van der Waals surface area (Å²) in [6.45, 7) is 4.40. The van der Waals surface area contributed by atoms with Crippen LogP contribution in [-0.2, 0) is 6.18 Å². The van der Waals surface area contributed by atoms with E-state index in [1.165, 1.54) is 29.3 Å². The summed E-state index contributed by atoms with van der Waals surface area (Å²) in [6, 6.07) is 4.84. The number of pyridine rings is 1. The fourth-order valence-electron chi connectivity index (χ4n) is 4.26. The van der Waals surface area contributed by atoms with E-state index in [1.807, 2.05) is 6.92 Å². The number of nitrogens with one attached hydrogen (secondary N) is 1. The van der Waals surface area contributed by atoms with Crippen molar-refractivity contribution < 1.29 is 22.4 Å². The maximum atomic E-state index is 15.1. The molecule has 0 aliphatic carbocycles. The molecule has 1 fully saturated rings. The third-order valence-electron chi connectivity index (χ3n) is 6.02. The van der Waals surface area contributed by atoms with Crippen molar-refractivity contribution in [2.75, 3.05) is 18.4 Å². The number of nitrogens with zero attached hydrogens (tertiary/aromatic N) is 5. The molecule has 1 N–H and O–H groups in total. The number of piperidine rings is 1. The van der Waals surface area contributed by atoms with Crippen LogP contribution in [0, 0.1) is 18.7 Å². The molecule has 0 bridgehead atoms. The molecule has 3 heterocycles. The summed E-state index contributed by atoms with van der Waals surface area (Å²) < 4.78 is 53.5. The first-order valence-electron chi connectivity index (χ1n) is 10.9. The van der Waals surface area contributed by atoms with Crippen molar-refractivity contribution in [1.82, 2.24) is 24.9 Å². The van der Waals surface area contributed by atoms with E-state index in [0.29, 0.717) is 12.1 Å². The zero-order valence-corrected chi connectivity index (χ0v) is 18.7. The first-order valence-corrected chi connectivity index (χ1v) is 10.9. The zero-order chi connectivity index (χ0) is 24.5. The number of aryl methyl sites for hydroxylation is 1. The fourth-order valence-corrected chi connectivity index (χ4v) is 4.26. The maximum absolute atomic E-state index is 15.1. The summed E-state index contributed by atoms with van der Waals surface area (Å²) in [5.74, 6) is -0.796. The molecule has 11 heteroatoms. The minimum absolute atomic E-state index is 0.0828. The van der Waals surface area contributed by atoms with Crippen LogP contribution in [0.3, 0.4) is 0 Å². The highest BCUT2D eigenvalue weighted by molar-refractivity contribution is 5.98. The van der Waals surface area contributed by atoms with Gasteiger partial charge < -0.3 is 10.2 Å². The van der Waals surface area contributed by atoms with Crippen molar-refractivity contribution in [2.24, 2.45) is 5.92 Å². The largest absolute Gasteiger partial charge is 0.417 e. The SMILES string of the molecule is Cc1cc(F)c(C(=O)N2CCC[C@@H](C)C2CNc2ccc(C(F)(F)F)cn2)c(-n2nccn2)c1. The van der Waals surface area contributed by atoms with Crippen molar-refractivity contribution in [3.05, 3.63) is 65.4 Å². The minimum Gasteiger partial charge on any atom is -0.368 e. The van der Waals surface area contributed by atoms with Gasteiger partial charge in [0.2, 0.25) is 0 Å². The van der Waals surface area contributed by atoms with Gasteiger partial charge in [-0.3, -0.25) is 4.79 Å². The number of halogens is 4. The number of rotatable bonds is 5. The Morgan fingerprint density at radius 3 is 2.59 bits per heavy atom. The molecule has 0 spiro atoms. The Balaban J connectivity index is 1.59. The number of aromatic nitrogens is 4. The van der Waals surface area contributed by atoms with Gasteiger partial charge in [-0.15, -0.1) is 0 Å². The standard InChI is InChI=1S/C23H24F4N6O/c1-14-10-17(24)21(18(11-14)33-30-7-8-31-33)22(34)32-9-3-4-15(2)19(32)13-29-20-6-5-16(12-28-20)23(25,26)27/h5-8,10-12,15,19H,3-4,9,13H2,1-2H3,(H,28,29)/t15-,19?/m1/s1. The second-order valence-electron chi connectivity index (χ2n) is 8.46. The van der Waals surface area contributed by atoms with Crippen LogP contribution in [0.4, 0.5) is 23.4 Å². The van der Waals surface area contributed by atoms with Crippen LogP contribution < -0.4 is 5.32 Å². The van der Waals surface area contributed by atoms with Crippen molar-refractivity contribution in [3.63, 3.8) is 0 Å². The number of carbonyl (C=O) groups excluding carboxylic acids is 1. The molecule has 2 aromatic heterocycles. The molecule has 1 aliphatic rings. The first kappa shape index (κ1) is 23.7. The molecule has 4 rings (SSSR count). The summed E-state index contributed by atoms with van der Waals surface area (Å²) in [5, 5.41) is 11.1. The van der Waals surface area contributed by atoms with E-state index in [9.17, 15) is 18.0 Å². The van der Waals surface area contributed by atoms with E-state index >= 15 is 4.39 Å². The lowest BCUT2D eigenvalue weighted by molar-refractivity contribution is -0.137. The zero-order valence-electron chi connectivity index (χ0n) is 18.7. The topological polar surface area (TPSA) is 75.9 Å². The Bertz CT molecular complexity index is 1150. The molecule has 3 aromatic rings. The van der Waals surface area contributed by atoms with Gasteiger partial charge >= 0.3 is 6.18 Å². The van der Waals surface area contributed by atoms with E-state index in [2.05, 4.69) is 20.5 Å². The van der Waals surface area contributed by atoms with Crippen molar-refractivity contribution >= 4 is 11.7 Å². The van der Waals surface area contributed by atoms with Gasteiger partial charge in [-0.1, -0.05) is 6.92 Å². The van der Waals surface area contributed by atoms with Crippen LogP contribution in [-0.4, -0.2) is 49.9 Å². The highest BCUT2D eigenvalue weighted by Crippen LogP contribution is 2.30. The molecule has 1 aromatic carbocycles. The van der Waals surface area contributed by atoms with Crippen LogP contribution in [0.5, 0.6) is 0 Å². The average Bonchev–Trinajstić information content (AvgIpc) is 3.32. The lowest BCUT2D eigenvalue weighted by atomic mass is 9.89. The summed E-state index contributed by atoms with van der Waals surface area (Å²) in [6.07, 6.45) is 0.806. The maximum Gasteiger partial charge on any atom is 0.417 e. The summed E-state index contributed by atoms with van der Waals surface area (Å²) in [5.41, 5.74) is -0.0779. The van der Waals surface area contributed by atoms with Crippen LogP contribution >= 0.6 is 0 Å². The quantitative estimate of drug-likeness (QED) is 0.550.